The minimum Gasteiger partial charge on any atom is -0.370 e. The summed E-state index contributed by atoms with van der Waals surface area (Å²) in [6, 6.07) is 8.68. The number of pyridine rings is 1. The second-order valence-corrected chi connectivity index (χ2v) is 5.11. The van der Waals surface area contributed by atoms with E-state index in [1.807, 2.05) is 6.92 Å². The summed E-state index contributed by atoms with van der Waals surface area (Å²) in [5, 5.41) is 5.93. The third kappa shape index (κ3) is 4.10. The average molecular weight is 360 g/mol. The van der Waals surface area contributed by atoms with E-state index >= 15 is 0 Å². The highest BCUT2D eigenvalue weighted by molar-refractivity contribution is 9.10. The zero-order chi connectivity index (χ0) is 15.5. The first-order valence-electron chi connectivity index (χ1n) is 6.25. The largest absolute Gasteiger partial charge is 0.416 e. The van der Waals surface area contributed by atoms with Gasteiger partial charge in [0, 0.05) is 11.0 Å². The molecule has 0 fully saturated rings. The average Bonchev–Trinajstić information content (AvgIpc) is 2.41. The summed E-state index contributed by atoms with van der Waals surface area (Å²) in [5.74, 6) is 1.12. The molecule has 0 aliphatic carbocycles. The molecule has 21 heavy (non-hydrogen) atoms. The van der Waals surface area contributed by atoms with Gasteiger partial charge in [-0.25, -0.2) is 4.98 Å². The van der Waals surface area contributed by atoms with Crippen molar-refractivity contribution in [2.45, 2.75) is 13.1 Å². The SMILES string of the molecule is CCNc1cccc(Nc2cc(C(F)(F)F)ccc2Br)n1. The van der Waals surface area contributed by atoms with E-state index in [1.54, 1.807) is 18.2 Å². The van der Waals surface area contributed by atoms with Crippen LogP contribution in [0, 0.1) is 0 Å². The molecule has 112 valence electrons. The molecule has 0 aliphatic heterocycles. The van der Waals surface area contributed by atoms with Crippen LogP contribution in [0.4, 0.5) is 30.5 Å². The van der Waals surface area contributed by atoms with Gasteiger partial charge in [-0.05, 0) is 53.2 Å². The molecule has 1 aromatic carbocycles. The number of nitrogens with zero attached hydrogens (tertiary/aromatic N) is 1. The lowest BCUT2D eigenvalue weighted by molar-refractivity contribution is -0.137. The normalized spacial score (nSPS) is 11.3. The van der Waals surface area contributed by atoms with Gasteiger partial charge in [0.2, 0.25) is 0 Å². The topological polar surface area (TPSA) is 37.0 Å². The summed E-state index contributed by atoms with van der Waals surface area (Å²) in [4.78, 5) is 4.27. The smallest absolute Gasteiger partial charge is 0.370 e. The van der Waals surface area contributed by atoms with Crippen molar-refractivity contribution in [1.82, 2.24) is 4.98 Å². The van der Waals surface area contributed by atoms with E-state index in [0.29, 0.717) is 28.3 Å². The predicted molar refractivity (Wildman–Crippen MR) is 80.8 cm³/mol. The van der Waals surface area contributed by atoms with E-state index in [1.165, 1.54) is 6.07 Å². The van der Waals surface area contributed by atoms with Crippen LogP contribution in [-0.4, -0.2) is 11.5 Å². The van der Waals surface area contributed by atoms with E-state index < -0.39 is 11.7 Å². The Morgan fingerprint density at radius 3 is 2.52 bits per heavy atom. The minimum absolute atomic E-state index is 0.311. The number of rotatable bonds is 4. The lowest BCUT2D eigenvalue weighted by Crippen LogP contribution is -2.06. The van der Waals surface area contributed by atoms with Crippen molar-refractivity contribution >= 4 is 33.3 Å². The Kier molecular flexibility index (Phi) is 4.72. The number of halogens is 4. The van der Waals surface area contributed by atoms with Crippen LogP contribution in [0.5, 0.6) is 0 Å². The summed E-state index contributed by atoms with van der Waals surface area (Å²) in [6.45, 7) is 2.65. The molecular formula is C14H13BrF3N3. The molecule has 7 heteroatoms. The fourth-order valence-electron chi connectivity index (χ4n) is 1.72. The van der Waals surface area contributed by atoms with E-state index in [-0.39, 0.29) is 0 Å². The number of anilines is 3. The molecule has 1 heterocycles. The van der Waals surface area contributed by atoms with Crippen molar-refractivity contribution in [1.29, 1.82) is 0 Å². The number of hydrogen-bond acceptors (Lipinski definition) is 3. The highest BCUT2D eigenvalue weighted by Crippen LogP contribution is 2.34. The maximum absolute atomic E-state index is 12.7. The molecule has 2 N–H and O–H groups in total. The Morgan fingerprint density at radius 2 is 1.86 bits per heavy atom. The maximum atomic E-state index is 12.7. The van der Waals surface area contributed by atoms with Gasteiger partial charge in [0.15, 0.2) is 0 Å². The Labute approximate surface area is 128 Å². The van der Waals surface area contributed by atoms with Crippen molar-refractivity contribution in [3.8, 4) is 0 Å². The molecule has 0 spiro atoms. The number of hydrogen-bond donors (Lipinski definition) is 2. The Morgan fingerprint density at radius 1 is 1.14 bits per heavy atom. The highest BCUT2D eigenvalue weighted by atomic mass is 79.9. The van der Waals surface area contributed by atoms with Gasteiger partial charge in [-0.2, -0.15) is 13.2 Å². The second kappa shape index (κ2) is 6.34. The van der Waals surface area contributed by atoms with E-state index in [4.69, 9.17) is 0 Å². The van der Waals surface area contributed by atoms with Crippen LogP contribution in [0.1, 0.15) is 12.5 Å². The molecule has 0 saturated carbocycles. The maximum Gasteiger partial charge on any atom is 0.416 e. The minimum atomic E-state index is -4.38. The molecule has 2 rings (SSSR count). The molecular weight excluding hydrogens is 347 g/mol. The zero-order valence-electron chi connectivity index (χ0n) is 11.1. The molecule has 0 atom stereocenters. The van der Waals surface area contributed by atoms with Crippen LogP contribution in [0.15, 0.2) is 40.9 Å². The first-order chi connectivity index (χ1) is 9.90. The molecule has 0 bridgehead atoms. The summed E-state index contributed by atoms with van der Waals surface area (Å²) in [7, 11) is 0. The first kappa shape index (κ1) is 15.6. The van der Waals surface area contributed by atoms with E-state index in [9.17, 15) is 13.2 Å². The monoisotopic (exact) mass is 359 g/mol. The lowest BCUT2D eigenvalue weighted by atomic mass is 10.2. The molecule has 0 amide bonds. The van der Waals surface area contributed by atoms with Crippen molar-refractivity contribution < 1.29 is 13.2 Å². The van der Waals surface area contributed by atoms with Gasteiger partial charge < -0.3 is 10.6 Å². The van der Waals surface area contributed by atoms with E-state index in [2.05, 4.69) is 31.5 Å². The van der Waals surface area contributed by atoms with Crippen LogP contribution < -0.4 is 10.6 Å². The van der Waals surface area contributed by atoms with Crippen molar-refractivity contribution in [3.63, 3.8) is 0 Å². The van der Waals surface area contributed by atoms with Crippen LogP contribution in [-0.2, 0) is 6.18 Å². The van der Waals surface area contributed by atoms with E-state index in [0.717, 1.165) is 12.1 Å². The summed E-state index contributed by atoms with van der Waals surface area (Å²) < 4.78 is 38.7. The van der Waals surface area contributed by atoms with Crippen LogP contribution in [0.3, 0.4) is 0 Å². The highest BCUT2D eigenvalue weighted by Gasteiger charge is 2.30. The van der Waals surface area contributed by atoms with Crippen molar-refractivity contribution in [3.05, 3.63) is 46.4 Å². The Hall–Kier alpha value is -1.76. The lowest BCUT2D eigenvalue weighted by Gasteiger charge is -2.13. The fourth-order valence-corrected chi connectivity index (χ4v) is 2.07. The van der Waals surface area contributed by atoms with Gasteiger partial charge in [-0.1, -0.05) is 6.07 Å². The van der Waals surface area contributed by atoms with Crippen molar-refractivity contribution in [2.75, 3.05) is 17.2 Å². The van der Waals surface area contributed by atoms with Gasteiger partial charge in [0.25, 0.3) is 0 Å². The predicted octanol–water partition coefficient (Wildman–Crippen LogP) is 5.04. The second-order valence-electron chi connectivity index (χ2n) is 4.26. The molecule has 0 radical (unpaired) electrons. The number of alkyl halides is 3. The Balaban J connectivity index is 2.28. The quantitative estimate of drug-likeness (QED) is 0.802. The van der Waals surface area contributed by atoms with Crippen LogP contribution in [0.25, 0.3) is 0 Å². The summed E-state index contributed by atoms with van der Waals surface area (Å²) in [5.41, 5.74) is -0.401. The number of benzene rings is 1. The van der Waals surface area contributed by atoms with Gasteiger partial charge in [0.05, 0.1) is 11.3 Å². The number of nitrogens with one attached hydrogen (secondary N) is 2. The molecule has 3 nitrogen and oxygen atoms in total. The van der Waals surface area contributed by atoms with Gasteiger partial charge >= 0.3 is 6.18 Å². The molecule has 1 aromatic heterocycles. The summed E-state index contributed by atoms with van der Waals surface area (Å²) in [6.07, 6.45) is -4.38. The molecule has 0 saturated heterocycles. The van der Waals surface area contributed by atoms with Crippen LogP contribution >= 0.6 is 15.9 Å². The number of aromatic nitrogens is 1. The Bertz CT molecular complexity index is 629. The van der Waals surface area contributed by atoms with Gasteiger partial charge in [-0.15, -0.1) is 0 Å². The molecule has 0 unspecified atom stereocenters. The van der Waals surface area contributed by atoms with Crippen molar-refractivity contribution in [2.24, 2.45) is 0 Å². The third-order valence-electron chi connectivity index (χ3n) is 2.66. The van der Waals surface area contributed by atoms with Gasteiger partial charge in [0.1, 0.15) is 11.6 Å². The van der Waals surface area contributed by atoms with Gasteiger partial charge in [-0.3, -0.25) is 0 Å². The van der Waals surface area contributed by atoms with Crippen LogP contribution in [0.2, 0.25) is 0 Å². The first-order valence-corrected chi connectivity index (χ1v) is 7.04. The molecule has 0 aliphatic rings. The fraction of sp³-hybridized carbons (Fsp3) is 0.214. The summed E-state index contributed by atoms with van der Waals surface area (Å²) >= 11 is 3.23. The zero-order valence-corrected chi connectivity index (χ0v) is 12.7. The third-order valence-corrected chi connectivity index (χ3v) is 3.35. The molecule has 2 aromatic rings. The standard InChI is InChI=1S/C14H13BrF3N3/c1-2-19-12-4-3-5-13(21-12)20-11-8-9(14(16,17)18)6-7-10(11)15/h3-8H,2H2,1H3,(H2,19,20,21).